The monoisotopic (exact) mass is 295 g/mol. The average molecular weight is 295 g/mol. The van der Waals surface area contributed by atoms with E-state index < -0.39 is 0 Å². The zero-order valence-corrected chi connectivity index (χ0v) is 13.0. The number of aryl methyl sites for hydroxylation is 1. The van der Waals surface area contributed by atoms with Crippen molar-refractivity contribution in [2.24, 2.45) is 0 Å². The van der Waals surface area contributed by atoms with Gasteiger partial charge in [0.15, 0.2) is 0 Å². The lowest BCUT2D eigenvalue weighted by atomic mass is 10.1. The third kappa shape index (κ3) is 3.04. The van der Waals surface area contributed by atoms with Crippen LogP contribution in [0.1, 0.15) is 29.7 Å². The molecule has 1 saturated heterocycles. The zero-order valence-electron chi connectivity index (χ0n) is 13.0. The highest BCUT2D eigenvalue weighted by atomic mass is 16.5. The summed E-state index contributed by atoms with van der Waals surface area (Å²) in [7, 11) is 0. The summed E-state index contributed by atoms with van der Waals surface area (Å²) in [6, 6.07) is 18.6. The Bertz CT molecular complexity index is 636. The Kier molecular flexibility index (Phi) is 4.25. The van der Waals surface area contributed by atoms with E-state index in [1.807, 2.05) is 25.1 Å². The molecule has 1 aliphatic rings. The molecule has 0 aliphatic carbocycles. The maximum Gasteiger partial charge on any atom is 0.325 e. The van der Waals surface area contributed by atoms with Gasteiger partial charge in [-0.15, -0.1) is 0 Å². The molecule has 0 bridgehead atoms. The van der Waals surface area contributed by atoms with Crippen molar-refractivity contribution in [3.8, 4) is 0 Å². The quantitative estimate of drug-likeness (QED) is 0.624. The van der Waals surface area contributed by atoms with Crippen LogP contribution in [0.2, 0.25) is 0 Å². The summed E-state index contributed by atoms with van der Waals surface area (Å²) in [4.78, 5) is 14.4. The van der Waals surface area contributed by atoms with Gasteiger partial charge in [-0.2, -0.15) is 0 Å². The normalized spacial score (nSPS) is 23.1. The Hall–Kier alpha value is -2.13. The summed E-state index contributed by atoms with van der Waals surface area (Å²) in [6.07, 6.45) is 0. The van der Waals surface area contributed by atoms with Gasteiger partial charge in [-0.05, 0) is 25.0 Å². The first kappa shape index (κ1) is 14.8. The number of esters is 1. The third-order valence-electron chi connectivity index (χ3n) is 4.08. The van der Waals surface area contributed by atoms with Gasteiger partial charge in [0.1, 0.15) is 6.04 Å². The second kappa shape index (κ2) is 6.32. The van der Waals surface area contributed by atoms with E-state index in [9.17, 15) is 4.79 Å². The highest BCUT2D eigenvalue weighted by Gasteiger charge is 2.53. The van der Waals surface area contributed by atoms with Crippen molar-refractivity contribution < 1.29 is 9.53 Å². The summed E-state index contributed by atoms with van der Waals surface area (Å²) in [5, 5.41) is 0. The number of benzene rings is 2. The second-order valence-electron chi connectivity index (χ2n) is 5.71. The van der Waals surface area contributed by atoms with Crippen LogP contribution < -0.4 is 0 Å². The molecule has 2 aromatic carbocycles. The number of hydrogen-bond acceptors (Lipinski definition) is 3. The van der Waals surface area contributed by atoms with Gasteiger partial charge in [-0.3, -0.25) is 9.69 Å². The van der Waals surface area contributed by atoms with Crippen molar-refractivity contribution in [1.29, 1.82) is 0 Å². The third-order valence-corrected chi connectivity index (χ3v) is 4.08. The van der Waals surface area contributed by atoms with Crippen LogP contribution in [0.4, 0.5) is 0 Å². The predicted molar refractivity (Wildman–Crippen MR) is 86.3 cm³/mol. The topological polar surface area (TPSA) is 29.3 Å². The van der Waals surface area contributed by atoms with E-state index >= 15 is 0 Å². The van der Waals surface area contributed by atoms with Gasteiger partial charge in [0.25, 0.3) is 0 Å². The predicted octanol–water partition coefficient (Wildman–Crippen LogP) is 3.48. The van der Waals surface area contributed by atoms with Gasteiger partial charge in [-0.1, -0.05) is 60.2 Å². The zero-order chi connectivity index (χ0) is 15.5. The van der Waals surface area contributed by atoms with Crippen molar-refractivity contribution in [1.82, 2.24) is 4.90 Å². The molecule has 1 heterocycles. The van der Waals surface area contributed by atoms with Crippen LogP contribution in [0.15, 0.2) is 54.6 Å². The Morgan fingerprint density at radius 3 is 2.41 bits per heavy atom. The van der Waals surface area contributed by atoms with Crippen molar-refractivity contribution in [2.45, 2.75) is 32.5 Å². The fraction of sp³-hybridized carbons (Fsp3) is 0.316. The maximum absolute atomic E-state index is 12.2. The van der Waals surface area contributed by atoms with Crippen LogP contribution in [0.3, 0.4) is 0 Å². The van der Waals surface area contributed by atoms with E-state index in [1.54, 1.807) is 0 Å². The fourth-order valence-electron chi connectivity index (χ4n) is 2.90. The number of hydrogen-bond donors (Lipinski definition) is 0. The van der Waals surface area contributed by atoms with Crippen LogP contribution in [0, 0.1) is 6.92 Å². The number of ether oxygens (including phenoxy) is 1. The standard InChI is InChI=1S/C19H21NO2/c1-3-22-19(21)18-17(16-11-9-14(2)10-12-16)20(18)13-15-7-5-4-6-8-15/h4-12,17-18H,3,13H2,1-2H3. The van der Waals surface area contributed by atoms with Crippen molar-refractivity contribution in [2.75, 3.05) is 6.61 Å². The first-order valence-electron chi connectivity index (χ1n) is 7.73. The number of nitrogens with zero attached hydrogens (tertiary/aromatic N) is 1. The summed E-state index contributed by atoms with van der Waals surface area (Å²) in [6.45, 7) is 5.11. The van der Waals surface area contributed by atoms with E-state index in [-0.39, 0.29) is 18.1 Å². The van der Waals surface area contributed by atoms with E-state index in [2.05, 4.69) is 48.2 Å². The molecule has 0 saturated carbocycles. The Labute approximate surface area is 131 Å². The Morgan fingerprint density at radius 1 is 1.09 bits per heavy atom. The average Bonchev–Trinajstić information content (AvgIpc) is 3.23. The minimum atomic E-state index is -0.164. The molecule has 3 unspecified atom stereocenters. The minimum Gasteiger partial charge on any atom is -0.465 e. The molecule has 3 atom stereocenters. The van der Waals surface area contributed by atoms with E-state index in [0.717, 1.165) is 6.54 Å². The lowest BCUT2D eigenvalue weighted by Crippen LogP contribution is -2.16. The molecule has 0 N–H and O–H groups in total. The molecule has 1 aliphatic heterocycles. The molecular weight excluding hydrogens is 274 g/mol. The molecule has 0 amide bonds. The highest BCUT2D eigenvalue weighted by Crippen LogP contribution is 2.45. The molecule has 0 spiro atoms. The van der Waals surface area contributed by atoms with Gasteiger partial charge in [0.05, 0.1) is 12.6 Å². The summed E-state index contributed by atoms with van der Waals surface area (Å²) >= 11 is 0. The number of carbonyl (C=O) groups is 1. The van der Waals surface area contributed by atoms with E-state index in [1.165, 1.54) is 16.7 Å². The lowest BCUT2D eigenvalue weighted by Gasteiger charge is -2.04. The first-order valence-corrected chi connectivity index (χ1v) is 7.73. The highest BCUT2D eigenvalue weighted by molar-refractivity contribution is 5.80. The van der Waals surface area contributed by atoms with Gasteiger partial charge in [0, 0.05) is 6.54 Å². The van der Waals surface area contributed by atoms with Crippen molar-refractivity contribution in [3.63, 3.8) is 0 Å². The lowest BCUT2D eigenvalue weighted by molar-refractivity contribution is -0.143. The molecule has 3 rings (SSSR count). The van der Waals surface area contributed by atoms with Crippen LogP contribution >= 0.6 is 0 Å². The molecule has 1 fully saturated rings. The minimum absolute atomic E-state index is 0.121. The molecule has 0 radical (unpaired) electrons. The Morgan fingerprint density at radius 2 is 1.77 bits per heavy atom. The molecule has 22 heavy (non-hydrogen) atoms. The second-order valence-corrected chi connectivity index (χ2v) is 5.71. The first-order chi connectivity index (χ1) is 10.7. The molecular formula is C19H21NO2. The maximum atomic E-state index is 12.2. The van der Waals surface area contributed by atoms with Crippen LogP contribution in [0.25, 0.3) is 0 Å². The molecule has 3 heteroatoms. The van der Waals surface area contributed by atoms with Crippen molar-refractivity contribution in [3.05, 3.63) is 71.3 Å². The molecule has 3 nitrogen and oxygen atoms in total. The van der Waals surface area contributed by atoms with Crippen LogP contribution in [0.5, 0.6) is 0 Å². The van der Waals surface area contributed by atoms with E-state index in [4.69, 9.17) is 4.74 Å². The van der Waals surface area contributed by atoms with E-state index in [0.29, 0.717) is 6.61 Å². The molecule has 2 aromatic rings. The smallest absolute Gasteiger partial charge is 0.325 e. The largest absolute Gasteiger partial charge is 0.465 e. The van der Waals surface area contributed by atoms with Gasteiger partial charge < -0.3 is 4.74 Å². The van der Waals surface area contributed by atoms with Crippen LogP contribution in [-0.4, -0.2) is 23.5 Å². The van der Waals surface area contributed by atoms with Gasteiger partial charge >= 0.3 is 5.97 Å². The molecule has 0 aromatic heterocycles. The summed E-state index contributed by atoms with van der Waals surface area (Å²) in [5.74, 6) is -0.121. The number of carbonyl (C=O) groups excluding carboxylic acids is 1. The van der Waals surface area contributed by atoms with Crippen LogP contribution in [-0.2, 0) is 16.1 Å². The number of rotatable bonds is 5. The summed E-state index contributed by atoms with van der Waals surface area (Å²) < 4.78 is 5.23. The fourth-order valence-corrected chi connectivity index (χ4v) is 2.90. The molecule has 114 valence electrons. The van der Waals surface area contributed by atoms with Gasteiger partial charge in [0.2, 0.25) is 0 Å². The summed E-state index contributed by atoms with van der Waals surface area (Å²) in [5.41, 5.74) is 3.62. The SMILES string of the molecule is CCOC(=O)C1C(c2ccc(C)cc2)N1Cc1ccccc1. The Balaban J connectivity index is 1.79. The van der Waals surface area contributed by atoms with Gasteiger partial charge in [-0.25, -0.2) is 0 Å². The van der Waals surface area contributed by atoms with Crippen molar-refractivity contribution >= 4 is 5.97 Å².